The molecule has 0 saturated carbocycles. The maximum absolute atomic E-state index is 13.7. The van der Waals surface area contributed by atoms with Crippen molar-refractivity contribution >= 4 is 12.2 Å². The van der Waals surface area contributed by atoms with Gasteiger partial charge in [-0.15, -0.1) is 0 Å². The van der Waals surface area contributed by atoms with Gasteiger partial charge < -0.3 is 20.1 Å². The van der Waals surface area contributed by atoms with Crippen LogP contribution in [0, 0.1) is 47.0 Å². The van der Waals surface area contributed by atoms with Crippen molar-refractivity contribution in [3.8, 4) is 23.7 Å². The molecule has 0 spiro atoms. The number of hydrogen-bond acceptors (Lipinski definition) is 6. The van der Waals surface area contributed by atoms with Gasteiger partial charge >= 0.3 is 12.2 Å². The number of pyridine rings is 2. The van der Waals surface area contributed by atoms with Crippen LogP contribution in [0.3, 0.4) is 0 Å². The molecule has 0 aliphatic carbocycles. The summed E-state index contributed by atoms with van der Waals surface area (Å²) < 4.78 is 64.5. The summed E-state index contributed by atoms with van der Waals surface area (Å²) in [6, 6.07) is 29.7. The van der Waals surface area contributed by atoms with Crippen molar-refractivity contribution in [1.82, 2.24) is 20.6 Å². The van der Waals surface area contributed by atoms with Crippen LogP contribution < -0.4 is 10.6 Å². The summed E-state index contributed by atoms with van der Waals surface area (Å²) >= 11 is 0. The van der Waals surface area contributed by atoms with E-state index in [0.717, 1.165) is 0 Å². The van der Waals surface area contributed by atoms with Crippen LogP contribution in [0.2, 0.25) is 0 Å². The van der Waals surface area contributed by atoms with E-state index in [2.05, 4.69) is 44.3 Å². The molecule has 2 amide bonds. The number of cyclic esters (lactones) is 2. The minimum Gasteiger partial charge on any atom is -0.439 e. The molecule has 0 radical (unpaired) electrons. The fraction of sp³-hybridized carbons (Fsp3) is 0.0909. The molecule has 2 aliphatic heterocycles. The average molecular weight is 753 g/mol. The molecular formula is C44H28F4N4O4. The molecule has 56 heavy (non-hydrogen) atoms. The zero-order valence-electron chi connectivity index (χ0n) is 29.1. The Morgan fingerprint density at radius 2 is 0.893 bits per heavy atom. The van der Waals surface area contributed by atoms with Crippen molar-refractivity contribution < 1.29 is 36.6 Å². The molecule has 2 fully saturated rings. The Kier molecular flexibility index (Phi) is 11.0. The first-order valence-corrected chi connectivity index (χ1v) is 17.1. The highest BCUT2D eigenvalue weighted by atomic mass is 19.1. The lowest BCUT2D eigenvalue weighted by molar-refractivity contribution is 0.131. The van der Waals surface area contributed by atoms with Gasteiger partial charge in [0.25, 0.3) is 0 Å². The Bertz CT molecular complexity index is 2350. The van der Waals surface area contributed by atoms with Crippen molar-refractivity contribution in [2.45, 2.75) is 24.3 Å². The second-order valence-electron chi connectivity index (χ2n) is 12.4. The summed E-state index contributed by atoms with van der Waals surface area (Å²) in [5.41, 5.74) is 4.20. The summed E-state index contributed by atoms with van der Waals surface area (Å²) in [6.07, 6.45) is 0.679. The van der Waals surface area contributed by atoms with Gasteiger partial charge in [0.15, 0.2) is 12.2 Å². The van der Waals surface area contributed by atoms with Crippen molar-refractivity contribution in [3.63, 3.8) is 0 Å². The molecule has 8 nitrogen and oxygen atoms in total. The van der Waals surface area contributed by atoms with Crippen LogP contribution in [-0.2, 0) is 9.47 Å². The van der Waals surface area contributed by atoms with Gasteiger partial charge in [0.05, 0.1) is 22.5 Å². The predicted octanol–water partition coefficient (Wildman–Crippen LogP) is 8.56. The monoisotopic (exact) mass is 752 g/mol. The molecule has 4 aromatic carbocycles. The van der Waals surface area contributed by atoms with E-state index in [4.69, 9.17) is 9.47 Å². The number of carbonyl (C=O) groups is 2. The lowest BCUT2D eigenvalue weighted by Gasteiger charge is -2.17. The second kappa shape index (κ2) is 16.7. The van der Waals surface area contributed by atoms with Crippen molar-refractivity contribution in [3.05, 3.63) is 202 Å². The molecule has 2 aromatic heterocycles. The van der Waals surface area contributed by atoms with Gasteiger partial charge in [-0.1, -0.05) is 72.2 Å². The lowest BCUT2D eigenvalue weighted by Crippen LogP contribution is -2.20. The van der Waals surface area contributed by atoms with Gasteiger partial charge in [-0.3, -0.25) is 9.97 Å². The molecule has 276 valence electrons. The number of alkyl carbamates (subject to hydrolysis) is 2. The Morgan fingerprint density at radius 1 is 0.500 bits per heavy atom. The smallest absolute Gasteiger partial charge is 0.408 e. The lowest BCUT2D eigenvalue weighted by atomic mass is 9.99. The molecule has 2 N–H and O–H groups in total. The third-order valence-electron chi connectivity index (χ3n) is 8.65. The van der Waals surface area contributed by atoms with E-state index in [1.165, 1.54) is 36.4 Å². The molecular weight excluding hydrogens is 724 g/mol. The van der Waals surface area contributed by atoms with Crippen LogP contribution in [-0.4, -0.2) is 22.2 Å². The SMILES string of the molecule is O=C1N[C@@H](c2cc(C#Cc3ccccc3F)ccn2)[C@H](c2ccc(F)cc2)O1.O=C1N[C@H](c2cc(C#Cc3ccccc3F)ccn2)[C@@H](c2ccc(F)cc2)O1. The van der Waals surface area contributed by atoms with Crippen molar-refractivity contribution in [2.75, 3.05) is 0 Å². The van der Waals surface area contributed by atoms with E-state index in [1.54, 1.807) is 97.3 Å². The quantitative estimate of drug-likeness (QED) is 0.138. The fourth-order valence-corrected chi connectivity index (χ4v) is 5.92. The van der Waals surface area contributed by atoms with E-state index in [1.807, 2.05) is 0 Å². The average Bonchev–Trinajstić information content (AvgIpc) is 3.81. The maximum atomic E-state index is 13.7. The van der Waals surface area contributed by atoms with Crippen LogP contribution in [0.4, 0.5) is 27.2 Å². The van der Waals surface area contributed by atoms with Crippen LogP contribution in [0.5, 0.6) is 0 Å². The largest absolute Gasteiger partial charge is 0.439 e. The normalized spacial score (nSPS) is 18.0. The number of halogens is 4. The number of aromatic nitrogens is 2. The third kappa shape index (κ3) is 8.84. The third-order valence-corrected chi connectivity index (χ3v) is 8.65. The van der Waals surface area contributed by atoms with E-state index < -0.39 is 48.1 Å². The first-order valence-electron chi connectivity index (χ1n) is 17.1. The molecule has 8 rings (SSSR count). The molecule has 2 saturated heterocycles. The number of amides is 2. The van der Waals surface area contributed by atoms with E-state index in [9.17, 15) is 27.2 Å². The van der Waals surface area contributed by atoms with Gasteiger partial charge in [0, 0.05) is 23.5 Å². The Balaban J connectivity index is 0.000000172. The van der Waals surface area contributed by atoms with Gasteiger partial charge in [-0.05, 0) is 83.9 Å². The van der Waals surface area contributed by atoms with Crippen LogP contribution in [0.15, 0.2) is 134 Å². The van der Waals surface area contributed by atoms with Crippen LogP contribution >= 0.6 is 0 Å². The predicted molar refractivity (Wildman–Crippen MR) is 196 cm³/mol. The molecule has 2 aliphatic rings. The van der Waals surface area contributed by atoms with E-state index >= 15 is 0 Å². The van der Waals surface area contributed by atoms with Gasteiger partial charge in [0.1, 0.15) is 35.4 Å². The zero-order chi connectivity index (χ0) is 39.0. The molecule has 6 aromatic rings. The Hall–Kier alpha value is -7.44. The topological polar surface area (TPSA) is 102 Å². The van der Waals surface area contributed by atoms with Gasteiger partial charge in [-0.2, -0.15) is 0 Å². The highest BCUT2D eigenvalue weighted by Gasteiger charge is 2.38. The van der Waals surface area contributed by atoms with Crippen molar-refractivity contribution in [1.29, 1.82) is 0 Å². The Labute approximate surface area is 318 Å². The molecule has 12 heteroatoms. The zero-order valence-corrected chi connectivity index (χ0v) is 29.1. The first kappa shape index (κ1) is 36.9. The van der Waals surface area contributed by atoms with Crippen LogP contribution in [0.25, 0.3) is 0 Å². The maximum Gasteiger partial charge on any atom is 0.408 e. The number of hydrogen-bond donors (Lipinski definition) is 2. The van der Waals surface area contributed by atoms with Crippen molar-refractivity contribution in [2.24, 2.45) is 0 Å². The minimum atomic E-state index is -0.643. The number of benzene rings is 4. The molecule has 4 atom stereocenters. The standard InChI is InChI=1S/2C22H14F2N2O2/c2*23-17-9-7-16(8-10-17)21-20(26-22(27)28-21)19-13-14(11-12-25-19)5-6-15-3-1-2-4-18(15)24/h2*1-4,7-13,20-21H,(H,26,27)/t2*20-,21-/m10/s1. The number of nitrogens with one attached hydrogen (secondary N) is 2. The second-order valence-corrected chi connectivity index (χ2v) is 12.4. The fourth-order valence-electron chi connectivity index (χ4n) is 5.92. The number of ether oxygens (including phenoxy) is 2. The summed E-state index contributed by atoms with van der Waals surface area (Å²) in [7, 11) is 0. The number of nitrogens with zero attached hydrogens (tertiary/aromatic N) is 2. The summed E-state index contributed by atoms with van der Waals surface area (Å²) in [6.45, 7) is 0. The highest BCUT2D eigenvalue weighted by Crippen LogP contribution is 2.37. The van der Waals surface area contributed by atoms with Crippen LogP contribution in [0.1, 0.15) is 69.1 Å². The molecule has 0 bridgehead atoms. The summed E-state index contributed by atoms with van der Waals surface area (Å²) in [5.74, 6) is 9.86. The van der Waals surface area contributed by atoms with E-state index in [-0.39, 0.29) is 11.6 Å². The minimum absolute atomic E-state index is 0.294. The van der Waals surface area contributed by atoms with E-state index in [0.29, 0.717) is 44.8 Å². The first-order chi connectivity index (χ1) is 27.2. The van der Waals surface area contributed by atoms with Gasteiger partial charge in [0.2, 0.25) is 0 Å². The van der Waals surface area contributed by atoms with Gasteiger partial charge in [-0.25, -0.2) is 27.2 Å². The molecule has 4 heterocycles. The molecule has 0 unspecified atom stereocenters. The number of rotatable bonds is 4. The number of carbonyl (C=O) groups excluding carboxylic acids is 2. The summed E-state index contributed by atoms with van der Waals surface area (Å²) in [5, 5.41) is 5.44. The Morgan fingerprint density at radius 3 is 1.29 bits per heavy atom. The highest BCUT2D eigenvalue weighted by molar-refractivity contribution is 5.71. The summed E-state index contributed by atoms with van der Waals surface area (Å²) in [4.78, 5) is 32.2.